The summed E-state index contributed by atoms with van der Waals surface area (Å²) in [5, 5.41) is 10.2. The third kappa shape index (κ3) is 4.18. The predicted octanol–water partition coefficient (Wildman–Crippen LogP) is 3.12. The number of pyridine rings is 1. The Kier molecular flexibility index (Phi) is 5.47. The first-order valence-corrected chi connectivity index (χ1v) is 7.52. The van der Waals surface area contributed by atoms with E-state index in [9.17, 15) is 9.67 Å². The summed E-state index contributed by atoms with van der Waals surface area (Å²) < 4.78 is 23.2. The van der Waals surface area contributed by atoms with Gasteiger partial charge in [0.25, 0.3) is 0 Å². The molecule has 5 nitrogen and oxygen atoms in total. The molecule has 1 atom stereocenters. The van der Waals surface area contributed by atoms with Crippen molar-refractivity contribution in [1.82, 2.24) is 4.98 Å². The van der Waals surface area contributed by atoms with Gasteiger partial charge < -0.3 is 14.2 Å². The average Bonchev–Trinajstić information content (AvgIpc) is 2.27. The smallest absolute Gasteiger partial charge is 0.365 e. The predicted molar refractivity (Wildman–Crippen MR) is 69.2 cm³/mol. The molecule has 0 amide bonds. The summed E-state index contributed by atoms with van der Waals surface area (Å²) in [4.78, 5) is 3.98. The van der Waals surface area contributed by atoms with Crippen LogP contribution >= 0.6 is 7.60 Å². The molecule has 0 aliphatic heterocycles. The monoisotopic (exact) mass is 273 g/mol. The van der Waals surface area contributed by atoms with Gasteiger partial charge in [0.1, 0.15) is 0 Å². The van der Waals surface area contributed by atoms with Gasteiger partial charge in [0.05, 0.1) is 17.9 Å². The molecule has 0 radical (unpaired) electrons. The Morgan fingerprint density at radius 1 is 1.17 bits per heavy atom. The van der Waals surface area contributed by atoms with Crippen molar-refractivity contribution in [1.29, 1.82) is 0 Å². The maximum Gasteiger partial charge on any atom is 0.365 e. The third-order valence-electron chi connectivity index (χ3n) is 1.97. The molecule has 0 aliphatic rings. The molecule has 1 unspecified atom stereocenters. The number of hydrogen-bond donors (Lipinski definition) is 1. The Hall–Kier alpha value is -0.740. The van der Waals surface area contributed by atoms with E-state index in [1.807, 2.05) is 0 Å². The molecule has 0 bridgehead atoms. The van der Waals surface area contributed by atoms with Gasteiger partial charge in [-0.1, -0.05) is 6.07 Å². The molecule has 102 valence electrons. The Bertz CT molecular complexity index is 394. The fraction of sp³-hybridized carbons (Fsp3) is 0.583. The summed E-state index contributed by atoms with van der Waals surface area (Å²) in [6.45, 7) is 6.95. The first-order chi connectivity index (χ1) is 8.35. The summed E-state index contributed by atoms with van der Waals surface area (Å²) in [5.74, 6) is -1.37. The van der Waals surface area contributed by atoms with Crippen molar-refractivity contribution >= 4 is 7.60 Å². The van der Waals surface area contributed by atoms with Gasteiger partial charge in [-0.3, -0.25) is 9.55 Å². The minimum atomic E-state index is -3.65. The highest BCUT2D eigenvalue weighted by molar-refractivity contribution is 7.54. The van der Waals surface area contributed by atoms with Gasteiger partial charge in [-0.15, -0.1) is 0 Å². The van der Waals surface area contributed by atoms with Crippen LogP contribution in [0.3, 0.4) is 0 Å². The van der Waals surface area contributed by atoms with Crippen molar-refractivity contribution in [2.24, 2.45) is 0 Å². The largest absolute Gasteiger partial charge is 0.375 e. The van der Waals surface area contributed by atoms with E-state index in [0.717, 1.165) is 0 Å². The van der Waals surface area contributed by atoms with Crippen molar-refractivity contribution in [2.45, 2.75) is 45.7 Å². The maximum atomic E-state index is 12.6. The molecule has 1 N–H and O–H groups in total. The van der Waals surface area contributed by atoms with Gasteiger partial charge in [-0.05, 0) is 39.8 Å². The van der Waals surface area contributed by atoms with Gasteiger partial charge in [0.15, 0.2) is 5.85 Å². The van der Waals surface area contributed by atoms with Crippen LogP contribution in [-0.2, 0) is 13.6 Å². The molecular formula is C12H20NO4P. The summed E-state index contributed by atoms with van der Waals surface area (Å²) >= 11 is 0. The number of rotatable bonds is 6. The number of aromatic nitrogens is 1. The molecule has 0 fully saturated rings. The molecule has 1 heterocycles. The lowest BCUT2D eigenvalue weighted by Crippen LogP contribution is -2.14. The summed E-state index contributed by atoms with van der Waals surface area (Å²) in [7, 11) is -3.65. The van der Waals surface area contributed by atoms with Crippen molar-refractivity contribution in [3.05, 3.63) is 30.1 Å². The van der Waals surface area contributed by atoms with Crippen LogP contribution in [0.25, 0.3) is 0 Å². The Morgan fingerprint density at radius 2 is 1.72 bits per heavy atom. The second kappa shape index (κ2) is 6.43. The highest BCUT2D eigenvalue weighted by Crippen LogP contribution is 2.60. The van der Waals surface area contributed by atoms with E-state index in [2.05, 4.69) is 4.98 Å². The van der Waals surface area contributed by atoms with Crippen LogP contribution < -0.4 is 0 Å². The Morgan fingerprint density at radius 3 is 2.11 bits per heavy atom. The fourth-order valence-corrected chi connectivity index (χ4v) is 3.35. The van der Waals surface area contributed by atoms with Crippen LogP contribution in [0.1, 0.15) is 39.2 Å². The summed E-state index contributed by atoms with van der Waals surface area (Å²) in [6, 6.07) is 5.01. The summed E-state index contributed by atoms with van der Waals surface area (Å²) in [6.07, 6.45) is 0.897. The first-order valence-electron chi connectivity index (χ1n) is 5.90. The maximum absolute atomic E-state index is 12.6. The lowest BCUT2D eigenvalue weighted by molar-refractivity contribution is 0.0999. The van der Waals surface area contributed by atoms with Gasteiger partial charge in [0.2, 0.25) is 0 Å². The minimum Gasteiger partial charge on any atom is -0.375 e. The van der Waals surface area contributed by atoms with Crippen molar-refractivity contribution in [2.75, 3.05) is 0 Å². The zero-order valence-electron chi connectivity index (χ0n) is 11.1. The molecule has 0 spiro atoms. The lowest BCUT2D eigenvalue weighted by Gasteiger charge is -2.26. The Balaban J connectivity index is 2.99. The van der Waals surface area contributed by atoms with E-state index >= 15 is 0 Å². The lowest BCUT2D eigenvalue weighted by atomic mass is 10.4. The molecule has 1 aromatic heterocycles. The average molecular weight is 273 g/mol. The van der Waals surface area contributed by atoms with E-state index in [1.165, 1.54) is 6.20 Å². The molecule has 18 heavy (non-hydrogen) atoms. The van der Waals surface area contributed by atoms with Gasteiger partial charge >= 0.3 is 7.60 Å². The standard InChI is InChI=1S/C12H20NO4P/c1-9(2)16-18(15,17-10(3)4)12(14)11-7-5-6-8-13-11/h5-10,12,14H,1-4H3. The van der Waals surface area contributed by atoms with Crippen molar-refractivity contribution in [3.8, 4) is 0 Å². The second-order valence-electron chi connectivity index (χ2n) is 4.48. The highest BCUT2D eigenvalue weighted by Gasteiger charge is 2.38. The third-order valence-corrected chi connectivity index (χ3v) is 4.26. The zero-order chi connectivity index (χ0) is 13.8. The summed E-state index contributed by atoms with van der Waals surface area (Å²) in [5.41, 5.74) is 0.280. The van der Waals surface area contributed by atoms with Crippen LogP contribution in [0.5, 0.6) is 0 Å². The van der Waals surface area contributed by atoms with Crippen LogP contribution in [0, 0.1) is 0 Å². The molecular weight excluding hydrogens is 253 g/mol. The SMILES string of the molecule is CC(C)OP(=O)(OC(C)C)C(O)c1ccccn1. The van der Waals surface area contributed by atoms with Crippen LogP contribution in [0.4, 0.5) is 0 Å². The zero-order valence-corrected chi connectivity index (χ0v) is 12.0. The molecule has 1 aromatic rings. The van der Waals surface area contributed by atoms with E-state index in [-0.39, 0.29) is 17.9 Å². The van der Waals surface area contributed by atoms with E-state index < -0.39 is 13.4 Å². The topological polar surface area (TPSA) is 68.7 Å². The second-order valence-corrected chi connectivity index (χ2v) is 6.47. The molecule has 0 saturated carbocycles. The first kappa shape index (κ1) is 15.3. The van der Waals surface area contributed by atoms with E-state index in [0.29, 0.717) is 0 Å². The van der Waals surface area contributed by atoms with Crippen LogP contribution in [0.15, 0.2) is 24.4 Å². The molecule has 1 rings (SSSR count). The Labute approximate surface area is 108 Å². The normalized spacial score (nSPS) is 14.2. The molecule has 0 aromatic carbocycles. The molecule has 0 aliphatic carbocycles. The number of aliphatic hydroxyl groups is 1. The molecule has 0 saturated heterocycles. The van der Waals surface area contributed by atoms with Crippen LogP contribution in [0.2, 0.25) is 0 Å². The van der Waals surface area contributed by atoms with Crippen molar-refractivity contribution in [3.63, 3.8) is 0 Å². The number of nitrogens with zero attached hydrogens (tertiary/aromatic N) is 1. The highest BCUT2D eigenvalue weighted by atomic mass is 31.2. The van der Waals surface area contributed by atoms with Gasteiger partial charge in [-0.2, -0.15) is 0 Å². The van der Waals surface area contributed by atoms with E-state index in [1.54, 1.807) is 45.9 Å². The van der Waals surface area contributed by atoms with Gasteiger partial charge in [-0.25, -0.2) is 0 Å². The minimum absolute atomic E-state index is 0.280. The number of hydrogen-bond acceptors (Lipinski definition) is 5. The van der Waals surface area contributed by atoms with Crippen molar-refractivity contribution < 1.29 is 18.7 Å². The van der Waals surface area contributed by atoms with E-state index in [4.69, 9.17) is 9.05 Å². The fourth-order valence-electron chi connectivity index (χ4n) is 1.42. The molecule has 6 heteroatoms. The van der Waals surface area contributed by atoms with Gasteiger partial charge in [0, 0.05) is 6.20 Å². The van der Waals surface area contributed by atoms with Crippen LogP contribution in [-0.4, -0.2) is 22.3 Å². The number of aliphatic hydroxyl groups excluding tert-OH is 1. The quantitative estimate of drug-likeness (QED) is 0.806.